The quantitative estimate of drug-likeness (QED) is 0.425. The summed E-state index contributed by atoms with van der Waals surface area (Å²) in [6.07, 6.45) is 9.17. The summed E-state index contributed by atoms with van der Waals surface area (Å²) in [5, 5.41) is 0. The average molecular weight is 220 g/mol. The summed E-state index contributed by atoms with van der Waals surface area (Å²) < 4.78 is 2.47. The molecule has 0 fully saturated rings. The summed E-state index contributed by atoms with van der Waals surface area (Å²) in [5.41, 5.74) is 0. The molecule has 0 saturated carbocycles. The van der Waals surface area contributed by atoms with Crippen molar-refractivity contribution in [3.05, 3.63) is 0 Å². The Balaban J connectivity index is 0.000001000. The van der Waals surface area contributed by atoms with Crippen LogP contribution in [-0.2, 0) is 0 Å². The fraction of sp³-hybridized carbons (Fsp3) is 0.889. The molecule has 0 radical (unpaired) electrons. The van der Waals surface area contributed by atoms with Gasteiger partial charge in [0.2, 0.25) is 0 Å². The molecule has 0 amide bonds. The van der Waals surface area contributed by atoms with Crippen LogP contribution in [0, 0.1) is 0 Å². The van der Waals surface area contributed by atoms with Gasteiger partial charge in [-0.2, -0.15) is 0 Å². The first-order valence-electron chi connectivity index (χ1n) is 4.51. The van der Waals surface area contributed by atoms with E-state index in [9.17, 15) is 0 Å². The Labute approximate surface area is 80.3 Å². The Morgan fingerprint density at radius 2 is 2.18 bits per heavy atom. The second kappa shape index (κ2) is 6.84. The van der Waals surface area contributed by atoms with Crippen molar-refractivity contribution in [2.45, 2.75) is 39.0 Å². The molecule has 0 aromatic rings. The van der Waals surface area contributed by atoms with Crippen LogP contribution in [0.15, 0.2) is 0 Å². The van der Waals surface area contributed by atoms with Gasteiger partial charge in [-0.3, -0.25) is 0 Å². The number of unbranched alkanes of at least 4 members (excludes halogenated alkanes) is 2. The van der Waals surface area contributed by atoms with Gasteiger partial charge in [0.25, 0.3) is 0 Å². The van der Waals surface area contributed by atoms with Crippen molar-refractivity contribution >= 4 is 6.21 Å². The van der Waals surface area contributed by atoms with Crippen LogP contribution in [0.1, 0.15) is 39.0 Å². The highest BCUT2D eigenvalue weighted by atomic mass is 79.9. The maximum Gasteiger partial charge on any atom is 0.143 e. The van der Waals surface area contributed by atoms with Gasteiger partial charge in [-0.05, 0) is 6.42 Å². The zero-order chi connectivity index (χ0) is 7.23. The highest BCUT2D eigenvalue weighted by Gasteiger charge is 2.08. The molecule has 0 saturated heterocycles. The van der Waals surface area contributed by atoms with E-state index in [1.807, 2.05) is 0 Å². The molecule has 1 aliphatic rings. The van der Waals surface area contributed by atoms with Crippen molar-refractivity contribution in [1.29, 1.82) is 0 Å². The van der Waals surface area contributed by atoms with Crippen molar-refractivity contribution in [3.63, 3.8) is 0 Å². The van der Waals surface area contributed by atoms with Gasteiger partial charge in [0.05, 0.1) is 0 Å². The Morgan fingerprint density at radius 3 is 2.73 bits per heavy atom. The van der Waals surface area contributed by atoms with E-state index in [-0.39, 0.29) is 17.0 Å². The minimum atomic E-state index is 0. The molecule has 0 aliphatic carbocycles. The number of rotatable bonds is 4. The van der Waals surface area contributed by atoms with Crippen LogP contribution < -0.4 is 17.0 Å². The van der Waals surface area contributed by atoms with E-state index in [0.717, 1.165) is 0 Å². The zero-order valence-corrected chi connectivity index (χ0v) is 8.94. The summed E-state index contributed by atoms with van der Waals surface area (Å²) in [6.45, 7) is 4.87. The van der Waals surface area contributed by atoms with Gasteiger partial charge in [-0.15, -0.1) is 0 Å². The van der Waals surface area contributed by atoms with Gasteiger partial charge >= 0.3 is 0 Å². The monoisotopic (exact) mass is 219 g/mol. The third kappa shape index (κ3) is 4.57. The average Bonchev–Trinajstić information content (AvgIpc) is 2.41. The summed E-state index contributed by atoms with van der Waals surface area (Å²) in [7, 11) is 0. The molecular formula is C9H18BrN. The summed E-state index contributed by atoms with van der Waals surface area (Å²) >= 11 is 0. The first-order chi connectivity index (χ1) is 4.93. The highest BCUT2D eigenvalue weighted by molar-refractivity contribution is 5.52. The van der Waals surface area contributed by atoms with Crippen molar-refractivity contribution < 1.29 is 21.6 Å². The Bertz CT molecular complexity index is 121. The summed E-state index contributed by atoms with van der Waals surface area (Å²) in [6, 6.07) is 0. The SMILES string of the molecule is CCCCC[N+]1=CCCC1.[Br-]. The van der Waals surface area contributed by atoms with Gasteiger partial charge in [0.1, 0.15) is 19.3 Å². The van der Waals surface area contributed by atoms with E-state index in [0.29, 0.717) is 0 Å². The molecule has 0 unspecified atom stereocenters. The van der Waals surface area contributed by atoms with Gasteiger partial charge in [0.15, 0.2) is 0 Å². The molecule has 1 nitrogen and oxygen atoms in total. The van der Waals surface area contributed by atoms with Gasteiger partial charge in [0, 0.05) is 19.3 Å². The van der Waals surface area contributed by atoms with E-state index >= 15 is 0 Å². The van der Waals surface area contributed by atoms with Crippen molar-refractivity contribution in [3.8, 4) is 0 Å². The molecule has 1 heterocycles. The molecule has 0 atom stereocenters. The number of halogens is 1. The number of hydrogen-bond donors (Lipinski definition) is 0. The van der Waals surface area contributed by atoms with Gasteiger partial charge in [-0.1, -0.05) is 13.3 Å². The van der Waals surface area contributed by atoms with Crippen molar-refractivity contribution in [1.82, 2.24) is 0 Å². The molecule has 0 aromatic carbocycles. The fourth-order valence-corrected chi connectivity index (χ4v) is 1.43. The lowest BCUT2D eigenvalue weighted by molar-refractivity contribution is -0.516. The lowest BCUT2D eigenvalue weighted by Gasteiger charge is -1.95. The van der Waals surface area contributed by atoms with Crippen LogP contribution in [0.2, 0.25) is 0 Å². The second-order valence-corrected chi connectivity index (χ2v) is 3.07. The minimum Gasteiger partial charge on any atom is -1.00 e. The third-order valence-corrected chi connectivity index (χ3v) is 2.09. The second-order valence-electron chi connectivity index (χ2n) is 3.07. The summed E-state index contributed by atoms with van der Waals surface area (Å²) in [5.74, 6) is 0. The lowest BCUT2D eigenvalue weighted by Crippen LogP contribution is -3.00. The molecule has 1 aliphatic heterocycles. The van der Waals surface area contributed by atoms with Crippen LogP contribution in [0.4, 0.5) is 0 Å². The first-order valence-corrected chi connectivity index (χ1v) is 4.51. The normalized spacial score (nSPS) is 15.9. The molecule has 0 spiro atoms. The van der Waals surface area contributed by atoms with Crippen molar-refractivity contribution in [2.24, 2.45) is 0 Å². The number of hydrogen-bond acceptors (Lipinski definition) is 0. The van der Waals surface area contributed by atoms with E-state index in [1.165, 1.54) is 45.2 Å². The molecule has 1 rings (SSSR count). The summed E-state index contributed by atoms with van der Waals surface area (Å²) in [4.78, 5) is 0. The first kappa shape index (κ1) is 11.2. The third-order valence-electron chi connectivity index (χ3n) is 2.09. The molecule has 0 bridgehead atoms. The van der Waals surface area contributed by atoms with Crippen LogP contribution in [0.3, 0.4) is 0 Å². The predicted molar refractivity (Wildman–Crippen MR) is 44.8 cm³/mol. The molecular weight excluding hydrogens is 202 g/mol. The van der Waals surface area contributed by atoms with Crippen LogP contribution in [-0.4, -0.2) is 23.9 Å². The standard InChI is InChI=1S/C9H18N.BrH/c1-2-3-4-7-10-8-5-6-9-10;/h8H,2-7,9H2,1H3;1H/q+1;/p-1. The van der Waals surface area contributed by atoms with Crippen LogP contribution in [0.25, 0.3) is 0 Å². The molecule has 2 heteroatoms. The number of nitrogens with zero attached hydrogens (tertiary/aromatic N) is 1. The lowest BCUT2D eigenvalue weighted by atomic mass is 10.2. The Hall–Kier alpha value is 0.150. The maximum absolute atomic E-state index is 2.47. The molecule has 66 valence electrons. The van der Waals surface area contributed by atoms with E-state index in [1.54, 1.807) is 0 Å². The maximum atomic E-state index is 2.47. The highest BCUT2D eigenvalue weighted by Crippen LogP contribution is 2.00. The van der Waals surface area contributed by atoms with E-state index in [2.05, 4.69) is 17.7 Å². The fourth-order valence-electron chi connectivity index (χ4n) is 1.43. The van der Waals surface area contributed by atoms with Crippen LogP contribution in [0.5, 0.6) is 0 Å². The Morgan fingerprint density at radius 1 is 1.36 bits per heavy atom. The molecule has 0 aromatic heterocycles. The van der Waals surface area contributed by atoms with Gasteiger partial charge in [-0.25, -0.2) is 4.58 Å². The molecule has 0 N–H and O–H groups in total. The van der Waals surface area contributed by atoms with Gasteiger partial charge < -0.3 is 17.0 Å². The van der Waals surface area contributed by atoms with Crippen LogP contribution >= 0.6 is 0 Å². The zero-order valence-electron chi connectivity index (χ0n) is 7.35. The topological polar surface area (TPSA) is 3.01 Å². The minimum absolute atomic E-state index is 0. The predicted octanol–water partition coefficient (Wildman–Crippen LogP) is -0.942. The smallest absolute Gasteiger partial charge is 0.143 e. The Kier molecular flexibility index (Phi) is 6.93. The molecule has 11 heavy (non-hydrogen) atoms. The largest absolute Gasteiger partial charge is 1.00 e. The van der Waals surface area contributed by atoms with E-state index in [4.69, 9.17) is 0 Å². The van der Waals surface area contributed by atoms with E-state index < -0.39 is 0 Å². The van der Waals surface area contributed by atoms with Crippen molar-refractivity contribution in [2.75, 3.05) is 13.1 Å².